The van der Waals surface area contributed by atoms with Crippen molar-refractivity contribution in [1.29, 1.82) is 0 Å². The lowest BCUT2D eigenvalue weighted by atomic mass is 9.97. The summed E-state index contributed by atoms with van der Waals surface area (Å²) in [6.45, 7) is 7.05. The van der Waals surface area contributed by atoms with Gasteiger partial charge in [-0.2, -0.15) is 0 Å². The van der Waals surface area contributed by atoms with Gasteiger partial charge in [-0.15, -0.1) is 0 Å². The van der Waals surface area contributed by atoms with Crippen LogP contribution in [0.2, 0.25) is 0 Å². The first-order valence-electron chi connectivity index (χ1n) is 5.79. The lowest BCUT2D eigenvalue weighted by Crippen LogP contribution is -2.32. The predicted octanol–water partition coefficient (Wildman–Crippen LogP) is 1.88. The second kappa shape index (κ2) is 6.24. The molecule has 0 aliphatic rings. The van der Waals surface area contributed by atoms with Crippen LogP contribution in [0.1, 0.15) is 38.9 Å². The number of nitro groups is 1. The maximum atomic E-state index is 10.5. The summed E-state index contributed by atoms with van der Waals surface area (Å²) >= 11 is 0. The maximum Gasteiger partial charge on any atom is 0.305 e. The van der Waals surface area contributed by atoms with Gasteiger partial charge >= 0.3 is 5.69 Å². The van der Waals surface area contributed by atoms with Crippen molar-refractivity contribution in [3.63, 3.8) is 0 Å². The highest BCUT2D eigenvalue weighted by molar-refractivity contribution is 5.21. The van der Waals surface area contributed by atoms with Crippen LogP contribution in [0.25, 0.3) is 0 Å². The Morgan fingerprint density at radius 1 is 1.41 bits per heavy atom. The minimum absolute atomic E-state index is 0.0697. The van der Waals surface area contributed by atoms with Crippen LogP contribution in [0.4, 0.5) is 5.69 Å². The second-order valence-corrected chi connectivity index (χ2v) is 3.92. The lowest BCUT2D eigenvalue weighted by molar-refractivity contribution is -0.385. The molecule has 1 heterocycles. The molecule has 0 aliphatic heterocycles. The molecular weight excluding hydrogens is 220 g/mol. The molecule has 0 spiro atoms. The van der Waals surface area contributed by atoms with E-state index in [2.05, 4.69) is 29.1 Å². The van der Waals surface area contributed by atoms with Crippen molar-refractivity contribution in [3.8, 4) is 0 Å². The van der Waals surface area contributed by atoms with Gasteiger partial charge in [0, 0.05) is 12.0 Å². The topological polar surface area (TPSA) is 81.0 Å². The highest BCUT2D eigenvalue weighted by Crippen LogP contribution is 2.20. The fourth-order valence-electron chi connectivity index (χ4n) is 1.84. The fourth-order valence-corrected chi connectivity index (χ4v) is 1.84. The molecule has 17 heavy (non-hydrogen) atoms. The molecule has 1 rings (SSSR count). The molecule has 1 aromatic heterocycles. The minimum Gasteiger partial charge on any atom is -0.314 e. The van der Waals surface area contributed by atoms with Gasteiger partial charge in [0.2, 0.25) is 0 Å². The van der Waals surface area contributed by atoms with Gasteiger partial charge in [0.15, 0.2) is 0 Å². The van der Waals surface area contributed by atoms with Crippen LogP contribution >= 0.6 is 0 Å². The third kappa shape index (κ3) is 3.45. The van der Waals surface area contributed by atoms with Gasteiger partial charge in [0.25, 0.3) is 0 Å². The third-order valence-electron chi connectivity index (χ3n) is 2.77. The van der Waals surface area contributed by atoms with Gasteiger partial charge < -0.3 is 5.32 Å². The van der Waals surface area contributed by atoms with Crippen molar-refractivity contribution in [2.75, 3.05) is 6.54 Å². The molecule has 0 aromatic carbocycles. The van der Waals surface area contributed by atoms with Crippen LogP contribution < -0.4 is 5.32 Å². The number of hydrogen-bond acceptors (Lipinski definition) is 5. The van der Waals surface area contributed by atoms with Gasteiger partial charge in [-0.05, 0) is 19.9 Å². The first-order chi connectivity index (χ1) is 8.10. The molecule has 1 N–H and O–H groups in total. The predicted molar refractivity (Wildman–Crippen MR) is 64.9 cm³/mol. The molecule has 94 valence electrons. The molecule has 0 fully saturated rings. The SMILES string of the molecule is CCNC(C)C(CC)c1ncc([N+](=O)[O-])cn1. The van der Waals surface area contributed by atoms with Crippen LogP contribution in [0.15, 0.2) is 12.4 Å². The Kier molecular flexibility index (Phi) is 4.96. The van der Waals surface area contributed by atoms with Crippen LogP contribution in [0, 0.1) is 10.1 Å². The van der Waals surface area contributed by atoms with E-state index in [1.807, 2.05) is 6.92 Å². The largest absolute Gasteiger partial charge is 0.314 e. The zero-order valence-electron chi connectivity index (χ0n) is 10.4. The van der Waals surface area contributed by atoms with Gasteiger partial charge in [-0.1, -0.05) is 13.8 Å². The number of hydrogen-bond donors (Lipinski definition) is 1. The smallest absolute Gasteiger partial charge is 0.305 e. The van der Waals surface area contributed by atoms with Crippen LogP contribution in [0.5, 0.6) is 0 Å². The summed E-state index contributed by atoms with van der Waals surface area (Å²) in [7, 11) is 0. The molecule has 6 nitrogen and oxygen atoms in total. The van der Waals surface area contributed by atoms with E-state index in [1.165, 1.54) is 12.4 Å². The summed E-state index contributed by atoms with van der Waals surface area (Å²) in [6.07, 6.45) is 3.43. The number of rotatable bonds is 6. The summed E-state index contributed by atoms with van der Waals surface area (Å²) in [5.41, 5.74) is -0.0697. The van der Waals surface area contributed by atoms with E-state index < -0.39 is 4.92 Å². The summed E-state index contributed by atoms with van der Waals surface area (Å²) in [6, 6.07) is 0.256. The van der Waals surface area contributed by atoms with Crippen molar-refractivity contribution >= 4 is 5.69 Å². The van der Waals surface area contributed by atoms with E-state index >= 15 is 0 Å². The molecule has 0 saturated heterocycles. The molecule has 6 heteroatoms. The Morgan fingerprint density at radius 3 is 2.41 bits per heavy atom. The van der Waals surface area contributed by atoms with E-state index in [0.717, 1.165) is 13.0 Å². The zero-order valence-corrected chi connectivity index (χ0v) is 10.4. The van der Waals surface area contributed by atoms with Gasteiger partial charge in [-0.25, -0.2) is 9.97 Å². The molecule has 0 bridgehead atoms. The van der Waals surface area contributed by atoms with Crippen LogP contribution in [-0.2, 0) is 0 Å². The van der Waals surface area contributed by atoms with Gasteiger partial charge in [-0.3, -0.25) is 10.1 Å². The monoisotopic (exact) mass is 238 g/mol. The summed E-state index contributed by atoms with van der Waals surface area (Å²) in [5, 5.41) is 13.8. The summed E-state index contributed by atoms with van der Waals surface area (Å²) < 4.78 is 0. The second-order valence-electron chi connectivity index (χ2n) is 3.92. The minimum atomic E-state index is -0.488. The molecule has 0 amide bonds. The van der Waals surface area contributed by atoms with E-state index in [9.17, 15) is 10.1 Å². The fraction of sp³-hybridized carbons (Fsp3) is 0.636. The van der Waals surface area contributed by atoms with E-state index in [1.54, 1.807) is 0 Å². The normalized spacial score (nSPS) is 14.3. The Balaban J connectivity index is 2.85. The Morgan fingerprint density at radius 2 is 2.00 bits per heavy atom. The third-order valence-corrected chi connectivity index (χ3v) is 2.77. The Bertz CT molecular complexity index is 366. The van der Waals surface area contributed by atoms with Crippen LogP contribution in [-0.4, -0.2) is 27.5 Å². The standard InChI is InChI=1S/C11H18N4O2/c1-4-10(8(3)12-5-2)11-13-6-9(7-14-11)15(16)17/h6-8,10,12H,4-5H2,1-3H3. The highest BCUT2D eigenvalue weighted by atomic mass is 16.6. The molecule has 2 unspecified atom stereocenters. The number of likely N-dealkylation sites (N-methyl/N-ethyl adjacent to an activating group) is 1. The molecule has 1 aromatic rings. The van der Waals surface area contributed by atoms with Gasteiger partial charge in [0.1, 0.15) is 18.2 Å². The first-order valence-corrected chi connectivity index (χ1v) is 5.79. The summed E-state index contributed by atoms with van der Waals surface area (Å²) in [5.74, 6) is 0.835. The Labute approximate surface area is 101 Å². The zero-order chi connectivity index (χ0) is 12.8. The van der Waals surface area contributed by atoms with Crippen molar-refractivity contribution in [1.82, 2.24) is 15.3 Å². The van der Waals surface area contributed by atoms with E-state index in [0.29, 0.717) is 5.82 Å². The van der Waals surface area contributed by atoms with Gasteiger partial charge in [0.05, 0.1) is 4.92 Å². The molecule has 0 aliphatic carbocycles. The van der Waals surface area contributed by atoms with E-state index in [4.69, 9.17) is 0 Å². The van der Waals surface area contributed by atoms with Crippen molar-refractivity contribution < 1.29 is 4.92 Å². The molecular formula is C11H18N4O2. The van der Waals surface area contributed by atoms with Crippen molar-refractivity contribution in [2.24, 2.45) is 0 Å². The van der Waals surface area contributed by atoms with Crippen LogP contribution in [0.3, 0.4) is 0 Å². The average Bonchev–Trinajstić information content (AvgIpc) is 2.31. The summed E-state index contributed by atoms with van der Waals surface area (Å²) in [4.78, 5) is 18.2. The average molecular weight is 238 g/mol. The quantitative estimate of drug-likeness (QED) is 0.604. The van der Waals surface area contributed by atoms with Crippen molar-refractivity contribution in [2.45, 2.75) is 39.2 Å². The highest BCUT2D eigenvalue weighted by Gasteiger charge is 2.20. The molecule has 2 atom stereocenters. The number of nitrogens with zero attached hydrogens (tertiary/aromatic N) is 3. The number of nitrogens with one attached hydrogen (secondary N) is 1. The molecule has 0 saturated carbocycles. The van der Waals surface area contributed by atoms with E-state index in [-0.39, 0.29) is 17.6 Å². The maximum absolute atomic E-state index is 10.5. The first kappa shape index (κ1) is 13.5. The Hall–Kier alpha value is -1.56. The number of aromatic nitrogens is 2. The van der Waals surface area contributed by atoms with Crippen molar-refractivity contribution in [3.05, 3.63) is 28.3 Å². The molecule has 0 radical (unpaired) electrons. The lowest BCUT2D eigenvalue weighted by Gasteiger charge is -2.21.